The number of Topliss-reactive ketones (excluding diaryl/α,β-unsaturated/α-hetero) is 1. The monoisotopic (exact) mass is 411 g/mol. The quantitative estimate of drug-likeness (QED) is 0.572. The lowest BCUT2D eigenvalue weighted by atomic mass is 10.1. The number of nitrogens with zero attached hydrogens (tertiary/aromatic N) is 3. The Hall–Kier alpha value is -2.67. The van der Waals surface area contributed by atoms with Crippen LogP contribution in [0.1, 0.15) is 43.5 Å². The van der Waals surface area contributed by atoms with Gasteiger partial charge in [-0.05, 0) is 39.2 Å². The van der Waals surface area contributed by atoms with Gasteiger partial charge in [-0.2, -0.15) is 0 Å². The van der Waals surface area contributed by atoms with Crippen LogP contribution in [-0.2, 0) is 20.9 Å². The number of ketones is 1. The first-order valence-electron chi connectivity index (χ1n) is 10.8. The zero-order chi connectivity index (χ0) is 21.3. The molecule has 3 heterocycles. The lowest BCUT2D eigenvalue weighted by Gasteiger charge is -2.34. The molecule has 2 fully saturated rings. The molecule has 0 N–H and O–H groups in total. The number of aromatic nitrogens is 1. The number of ether oxygens (including phenoxy) is 1. The Kier molecular flexibility index (Phi) is 5.90. The first kappa shape index (κ1) is 20.6. The second-order valence-corrected chi connectivity index (χ2v) is 8.43. The molecule has 2 aliphatic rings. The third kappa shape index (κ3) is 4.12. The maximum Gasteiger partial charge on any atom is 0.295 e. The van der Waals surface area contributed by atoms with E-state index in [1.165, 1.54) is 0 Å². The number of likely N-dealkylation sites (tertiary alicyclic amines) is 1. The van der Waals surface area contributed by atoms with Gasteiger partial charge in [-0.25, -0.2) is 0 Å². The van der Waals surface area contributed by atoms with E-state index in [0.717, 1.165) is 37.9 Å². The van der Waals surface area contributed by atoms with Gasteiger partial charge in [-0.15, -0.1) is 0 Å². The van der Waals surface area contributed by atoms with Crippen molar-refractivity contribution in [1.29, 1.82) is 0 Å². The summed E-state index contributed by atoms with van der Waals surface area (Å²) in [6.07, 6.45) is 4.69. The molecule has 4 rings (SSSR count). The van der Waals surface area contributed by atoms with Crippen molar-refractivity contribution in [2.45, 2.75) is 51.9 Å². The van der Waals surface area contributed by atoms with Gasteiger partial charge < -0.3 is 19.1 Å². The highest BCUT2D eigenvalue weighted by Crippen LogP contribution is 2.24. The van der Waals surface area contributed by atoms with E-state index in [1.807, 2.05) is 43.0 Å². The summed E-state index contributed by atoms with van der Waals surface area (Å²) < 4.78 is 7.48. The molecule has 30 heavy (non-hydrogen) atoms. The first-order chi connectivity index (χ1) is 14.4. The molecule has 0 spiro atoms. The van der Waals surface area contributed by atoms with E-state index in [1.54, 1.807) is 15.7 Å². The molecule has 0 aliphatic carbocycles. The predicted molar refractivity (Wildman–Crippen MR) is 113 cm³/mol. The van der Waals surface area contributed by atoms with Crippen LogP contribution in [-0.4, -0.2) is 70.4 Å². The summed E-state index contributed by atoms with van der Waals surface area (Å²) in [5.74, 6) is -0.990. The summed E-state index contributed by atoms with van der Waals surface area (Å²) in [7, 11) is 0. The number of hydrogen-bond acceptors (Lipinski definition) is 4. The van der Waals surface area contributed by atoms with E-state index in [4.69, 9.17) is 4.74 Å². The summed E-state index contributed by atoms with van der Waals surface area (Å²) in [5.41, 5.74) is 1.15. The minimum absolute atomic E-state index is 0.0524. The van der Waals surface area contributed by atoms with E-state index >= 15 is 0 Å². The molecule has 0 bridgehead atoms. The maximum absolute atomic E-state index is 13.1. The van der Waals surface area contributed by atoms with Crippen molar-refractivity contribution < 1.29 is 19.1 Å². The molecule has 7 nitrogen and oxygen atoms in total. The van der Waals surface area contributed by atoms with Crippen LogP contribution in [0.2, 0.25) is 0 Å². The minimum atomic E-state index is -0.531. The smallest absolute Gasteiger partial charge is 0.295 e. The van der Waals surface area contributed by atoms with E-state index < -0.39 is 11.7 Å². The van der Waals surface area contributed by atoms with Crippen LogP contribution in [0.15, 0.2) is 30.5 Å². The SMILES string of the molecule is C[C@H]1CN(C(=O)C(=O)c2cn(CC(=O)N3CCCCC3)c3ccccc23)C[C@H](C)O1. The molecular formula is C23H29N3O4. The third-order valence-corrected chi connectivity index (χ3v) is 5.95. The number of benzene rings is 1. The maximum atomic E-state index is 13.1. The minimum Gasteiger partial charge on any atom is -0.372 e. The topological polar surface area (TPSA) is 71.9 Å². The van der Waals surface area contributed by atoms with E-state index in [2.05, 4.69) is 0 Å². The molecule has 2 aliphatic heterocycles. The normalized spacial score (nSPS) is 22.3. The fourth-order valence-electron chi connectivity index (χ4n) is 4.55. The van der Waals surface area contributed by atoms with E-state index in [-0.39, 0.29) is 24.7 Å². The summed E-state index contributed by atoms with van der Waals surface area (Å²) in [4.78, 5) is 42.3. The van der Waals surface area contributed by atoms with Crippen LogP contribution >= 0.6 is 0 Å². The molecule has 2 atom stereocenters. The number of amides is 2. The Morgan fingerprint density at radius 1 is 0.967 bits per heavy atom. The number of carbonyl (C=O) groups excluding carboxylic acids is 3. The number of fused-ring (bicyclic) bond motifs is 1. The molecule has 160 valence electrons. The molecule has 2 amide bonds. The molecule has 7 heteroatoms. The van der Waals surface area contributed by atoms with Crippen molar-refractivity contribution in [1.82, 2.24) is 14.4 Å². The molecular weight excluding hydrogens is 382 g/mol. The fraction of sp³-hybridized carbons (Fsp3) is 0.522. The van der Waals surface area contributed by atoms with Crippen LogP contribution in [0, 0.1) is 0 Å². The second-order valence-electron chi connectivity index (χ2n) is 8.43. The number of para-hydroxylation sites is 1. The van der Waals surface area contributed by atoms with Crippen molar-refractivity contribution in [2.24, 2.45) is 0 Å². The van der Waals surface area contributed by atoms with Gasteiger partial charge in [-0.3, -0.25) is 14.4 Å². The van der Waals surface area contributed by atoms with Crippen LogP contribution in [0.4, 0.5) is 0 Å². The van der Waals surface area contributed by atoms with Crippen molar-refractivity contribution >= 4 is 28.5 Å². The molecule has 0 unspecified atom stereocenters. The van der Waals surface area contributed by atoms with Gasteiger partial charge in [0.05, 0.1) is 17.8 Å². The predicted octanol–water partition coefficient (Wildman–Crippen LogP) is 2.47. The molecule has 0 radical (unpaired) electrons. The van der Waals surface area contributed by atoms with Crippen molar-refractivity contribution in [3.05, 3.63) is 36.0 Å². The van der Waals surface area contributed by atoms with Crippen LogP contribution in [0.5, 0.6) is 0 Å². The van der Waals surface area contributed by atoms with Gasteiger partial charge in [0.25, 0.3) is 11.7 Å². The van der Waals surface area contributed by atoms with E-state index in [9.17, 15) is 14.4 Å². The summed E-state index contributed by atoms with van der Waals surface area (Å²) in [6.45, 7) is 6.36. The first-order valence-corrected chi connectivity index (χ1v) is 10.8. The third-order valence-electron chi connectivity index (χ3n) is 5.95. The number of piperidine rings is 1. The molecule has 0 saturated carbocycles. The highest BCUT2D eigenvalue weighted by atomic mass is 16.5. The highest BCUT2D eigenvalue weighted by Gasteiger charge is 2.32. The van der Waals surface area contributed by atoms with Crippen LogP contribution in [0.25, 0.3) is 10.9 Å². The number of hydrogen-bond donors (Lipinski definition) is 0. The summed E-state index contributed by atoms with van der Waals surface area (Å²) in [6, 6.07) is 7.45. The second kappa shape index (κ2) is 8.60. The zero-order valence-electron chi connectivity index (χ0n) is 17.7. The van der Waals surface area contributed by atoms with Gasteiger partial charge in [-0.1, -0.05) is 18.2 Å². The largest absolute Gasteiger partial charge is 0.372 e. The Morgan fingerprint density at radius 3 is 2.33 bits per heavy atom. The standard InChI is InChI=1S/C23H29N3O4/c1-16-12-26(13-17(2)30-16)23(29)22(28)19-14-25(20-9-5-4-8-18(19)20)15-21(27)24-10-6-3-7-11-24/h4-5,8-9,14,16-17H,3,6-7,10-13,15H2,1-2H3/t16-,17-/m0/s1. The van der Waals surface area contributed by atoms with Gasteiger partial charge in [0, 0.05) is 43.3 Å². The Labute approximate surface area is 176 Å². The van der Waals surface area contributed by atoms with Crippen LogP contribution < -0.4 is 0 Å². The average Bonchev–Trinajstić information content (AvgIpc) is 3.11. The Morgan fingerprint density at radius 2 is 1.63 bits per heavy atom. The lowest BCUT2D eigenvalue weighted by Crippen LogP contribution is -2.50. The van der Waals surface area contributed by atoms with Gasteiger partial charge >= 0.3 is 0 Å². The van der Waals surface area contributed by atoms with Crippen molar-refractivity contribution in [2.75, 3.05) is 26.2 Å². The number of rotatable bonds is 4. The lowest BCUT2D eigenvalue weighted by molar-refractivity contribution is -0.138. The van der Waals surface area contributed by atoms with E-state index in [0.29, 0.717) is 24.0 Å². The average molecular weight is 412 g/mol. The highest BCUT2D eigenvalue weighted by molar-refractivity contribution is 6.44. The van der Waals surface area contributed by atoms with Gasteiger partial charge in [0.1, 0.15) is 6.54 Å². The van der Waals surface area contributed by atoms with Gasteiger partial charge in [0.15, 0.2) is 0 Å². The van der Waals surface area contributed by atoms with Crippen LogP contribution in [0.3, 0.4) is 0 Å². The molecule has 1 aromatic carbocycles. The molecule has 1 aromatic heterocycles. The van der Waals surface area contributed by atoms with Crippen molar-refractivity contribution in [3.63, 3.8) is 0 Å². The fourth-order valence-corrected chi connectivity index (χ4v) is 4.55. The molecule has 2 saturated heterocycles. The number of morpholine rings is 1. The van der Waals surface area contributed by atoms with Crippen molar-refractivity contribution in [3.8, 4) is 0 Å². The zero-order valence-corrected chi connectivity index (χ0v) is 17.7. The van der Waals surface area contributed by atoms with Gasteiger partial charge in [0.2, 0.25) is 5.91 Å². The summed E-state index contributed by atoms with van der Waals surface area (Å²) >= 11 is 0. The summed E-state index contributed by atoms with van der Waals surface area (Å²) in [5, 5.41) is 0.705. The number of carbonyl (C=O) groups is 3. The Balaban J connectivity index is 1.59. The Bertz CT molecular complexity index is 951. The molecule has 2 aromatic rings.